The summed E-state index contributed by atoms with van der Waals surface area (Å²) in [7, 11) is -5.20. The van der Waals surface area contributed by atoms with Crippen LogP contribution in [0, 0.1) is 5.82 Å². The molecule has 0 saturated heterocycles. The molecule has 0 spiro atoms. The van der Waals surface area contributed by atoms with E-state index in [2.05, 4.69) is 0 Å². The highest BCUT2D eigenvalue weighted by Gasteiger charge is 2.21. The van der Waals surface area contributed by atoms with E-state index in [-0.39, 0.29) is 0 Å². The van der Waals surface area contributed by atoms with Crippen LogP contribution < -0.4 is 5.30 Å². The summed E-state index contributed by atoms with van der Waals surface area (Å²) in [5, 5.41) is -0.612. The first-order valence-corrected chi connectivity index (χ1v) is 4.24. The summed E-state index contributed by atoms with van der Waals surface area (Å²) in [5.74, 6) is -0.623. The van der Waals surface area contributed by atoms with E-state index in [1.165, 1.54) is 0 Å². The van der Waals surface area contributed by atoms with E-state index >= 15 is 0 Å². The van der Waals surface area contributed by atoms with Gasteiger partial charge in [0.15, 0.2) is 0 Å². The summed E-state index contributed by atoms with van der Waals surface area (Å²) in [6, 6.07) is 3.33. The molecule has 0 atom stereocenters. The third-order valence-electron chi connectivity index (χ3n) is 1.13. The van der Waals surface area contributed by atoms with E-state index in [1.54, 1.807) is 0 Å². The second-order valence-electron chi connectivity index (χ2n) is 1.94. The molecule has 0 aliphatic carbocycles. The molecule has 5 heteroatoms. The Labute approximate surface area is 61.5 Å². The Morgan fingerprint density at radius 3 is 1.91 bits per heavy atom. The quantitative estimate of drug-likeness (QED) is 0.607. The van der Waals surface area contributed by atoms with Crippen LogP contribution in [0.1, 0.15) is 0 Å². The van der Waals surface area contributed by atoms with Crippen LogP contribution in [0.3, 0.4) is 0 Å². The van der Waals surface area contributed by atoms with Gasteiger partial charge in [0.05, 0.1) is 5.30 Å². The van der Waals surface area contributed by atoms with E-state index < -0.39 is 18.9 Å². The van der Waals surface area contributed by atoms with Gasteiger partial charge in [-0.2, -0.15) is 0 Å². The summed E-state index contributed by atoms with van der Waals surface area (Å²) in [6.45, 7) is 0. The Morgan fingerprint density at radius 1 is 1.09 bits per heavy atom. The molecule has 0 N–H and O–H groups in total. The lowest BCUT2D eigenvalue weighted by molar-refractivity contribution is 0.507. The van der Waals surface area contributed by atoms with Crippen LogP contribution in [0.15, 0.2) is 24.3 Å². The fourth-order valence-corrected chi connectivity index (χ4v) is 1.11. The summed E-state index contributed by atoms with van der Waals surface area (Å²) in [5.41, 5.74) is 0. The normalized spacial score (nSPS) is 11.5. The molecule has 1 nitrogen and oxygen atoms in total. The standard InChI is InChI=1S/C6H4F3OP/c7-5-1-3-6(4-2-5)11(8,9)10/h1-4H. The Bertz CT molecular complexity index is 289. The number of hydrogen-bond donors (Lipinski definition) is 0. The highest BCUT2D eigenvalue weighted by atomic mass is 31.2. The summed E-state index contributed by atoms with van der Waals surface area (Å²) < 4.78 is 46.3. The number of halogens is 3. The average molecular weight is 180 g/mol. The van der Waals surface area contributed by atoms with Gasteiger partial charge in [0.1, 0.15) is 5.82 Å². The van der Waals surface area contributed by atoms with Crippen LogP contribution in [0.4, 0.5) is 12.8 Å². The van der Waals surface area contributed by atoms with Crippen molar-refractivity contribution in [2.24, 2.45) is 0 Å². The van der Waals surface area contributed by atoms with Crippen molar-refractivity contribution >= 4 is 13.1 Å². The highest BCUT2D eigenvalue weighted by Crippen LogP contribution is 2.47. The van der Waals surface area contributed by atoms with Crippen molar-refractivity contribution in [1.82, 2.24) is 0 Å². The van der Waals surface area contributed by atoms with Crippen molar-refractivity contribution in [3.63, 3.8) is 0 Å². The Balaban J connectivity index is 3.09. The van der Waals surface area contributed by atoms with Crippen LogP contribution in [-0.4, -0.2) is 0 Å². The van der Waals surface area contributed by atoms with Gasteiger partial charge in [-0.3, -0.25) is 0 Å². The molecule has 0 amide bonds. The van der Waals surface area contributed by atoms with Gasteiger partial charge in [-0.15, -0.1) is 8.39 Å². The summed E-state index contributed by atoms with van der Waals surface area (Å²) in [6.07, 6.45) is 0. The maximum absolute atomic E-state index is 12.1. The van der Waals surface area contributed by atoms with Crippen molar-refractivity contribution in [1.29, 1.82) is 0 Å². The molecular weight excluding hydrogens is 176 g/mol. The zero-order chi connectivity index (χ0) is 8.48. The Hall–Kier alpha value is -0.760. The maximum Gasteiger partial charge on any atom is 0.433 e. The number of rotatable bonds is 1. The van der Waals surface area contributed by atoms with Crippen LogP contribution in [0.25, 0.3) is 0 Å². The molecule has 0 aromatic heterocycles. The first-order chi connectivity index (χ1) is 5.00. The van der Waals surface area contributed by atoms with Gasteiger partial charge in [-0.1, -0.05) is 0 Å². The largest absolute Gasteiger partial charge is 0.433 e. The van der Waals surface area contributed by atoms with Gasteiger partial charge >= 0.3 is 7.76 Å². The van der Waals surface area contributed by atoms with Crippen molar-refractivity contribution in [3.8, 4) is 0 Å². The minimum Gasteiger partial charge on any atom is -0.244 e. The van der Waals surface area contributed by atoms with Gasteiger partial charge in [0, 0.05) is 0 Å². The third kappa shape index (κ3) is 2.09. The van der Waals surface area contributed by atoms with Crippen molar-refractivity contribution in [2.45, 2.75) is 0 Å². The topological polar surface area (TPSA) is 17.1 Å². The van der Waals surface area contributed by atoms with Gasteiger partial charge in [0.2, 0.25) is 0 Å². The van der Waals surface area contributed by atoms with E-state index in [1.807, 2.05) is 0 Å². The smallest absolute Gasteiger partial charge is 0.244 e. The molecule has 0 fully saturated rings. The summed E-state index contributed by atoms with van der Waals surface area (Å²) >= 11 is 0. The van der Waals surface area contributed by atoms with Crippen LogP contribution in [-0.2, 0) is 4.57 Å². The minimum absolute atomic E-state index is 0.612. The predicted molar refractivity (Wildman–Crippen MR) is 35.9 cm³/mol. The lowest BCUT2D eigenvalue weighted by atomic mass is 10.4. The molecule has 1 aromatic rings. The fourth-order valence-electron chi connectivity index (χ4n) is 0.615. The molecule has 1 rings (SSSR count). The zero-order valence-corrected chi connectivity index (χ0v) is 6.19. The fraction of sp³-hybridized carbons (Fsp3) is 0. The van der Waals surface area contributed by atoms with Crippen LogP contribution in [0.5, 0.6) is 0 Å². The predicted octanol–water partition coefficient (Wildman–Crippen LogP) is 2.58. The van der Waals surface area contributed by atoms with Gasteiger partial charge in [-0.25, -0.2) is 8.96 Å². The van der Waals surface area contributed by atoms with Crippen LogP contribution in [0.2, 0.25) is 0 Å². The molecule has 1 aromatic carbocycles. The molecule has 11 heavy (non-hydrogen) atoms. The first-order valence-electron chi connectivity index (χ1n) is 2.75. The number of benzene rings is 1. The monoisotopic (exact) mass is 180 g/mol. The maximum atomic E-state index is 12.1. The number of hydrogen-bond acceptors (Lipinski definition) is 1. The van der Waals surface area contributed by atoms with E-state index in [4.69, 9.17) is 0 Å². The molecule has 0 saturated carbocycles. The Morgan fingerprint density at radius 2 is 1.55 bits per heavy atom. The lowest BCUT2D eigenvalue weighted by Gasteiger charge is -1.96. The van der Waals surface area contributed by atoms with Gasteiger partial charge < -0.3 is 0 Å². The van der Waals surface area contributed by atoms with E-state index in [0.29, 0.717) is 0 Å². The molecule has 0 radical (unpaired) electrons. The molecule has 0 bridgehead atoms. The highest BCUT2D eigenvalue weighted by molar-refractivity contribution is 7.61. The molecule has 60 valence electrons. The second kappa shape index (κ2) is 2.70. The molecule has 0 aliphatic heterocycles. The average Bonchev–Trinajstić information content (AvgIpc) is 1.86. The van der Waals surface area contributed by atoms with Crippen molar-refractivity contribution in [2.75, 3.05) is 0 Å². The molecule has 0 heterocycles. The van der Waals surface area contributed by atoms with E-state index in [9.17, 15) is 17.3 Å². The van der Waals surface area contributed by atoms with Crippen molar-refractivity contribution < 1.29 is 17.3 Å². The molecular formula is C6H4F3OP. The third-order valence-corrected chi connectivity index (χ3v) is 2.03. The Kier molecular flexibility index (Phi) is 2.05. The summed E-state index contributed by atoms with van der Waals surface area (Å²) in [4.78, 5) is 0. The second-order valence-corrected chi connectivity index (χ2v) is 3.38. The zero-order valence-electron chi connectivity index (χ0n) is 5.30. The molecule has 0 unspecified atom stereocenters. The SMILES string of the molecule is O=P(F)(F)c1ccc(F)cc1. The minimum atomic E-state index is -5.20. The van der Waals surface area contributed by atoms with E-state index in [0.717, 1.165) is 24.3 Å². The lowest BCUT2D eigenvalue weighted by Crippen LogP contribution is -1.96. The first kappa shape index (κ1) is 8.34. The molecule has 0 aliphatic rings. The van der Waals surface area contributed by atoms with Crippen molar-refractivity contribution in [3.05, 3.63) is 30.1 Å². The van der Waals surface area contributed by atoms with Gasteiger partial charge in [0.25, 0.3) is 0 Å². The van der Waals surface area contributed by atoms with Crippen LogP contribution >= 0.6 is 7.76 Å². The van der Waals surface area contributed by atoms with Gasteiger partial charge in [-0.05, 0) is 24.3 Å².